The van der Waals surface area contributed by atoms with Gasteiger partial charge in [0.1, 0.15) is 6.26 Å². The Bertz CT molecular complexity index is 706. The van der Waals surface area contributed by atoms with Crippen molar-refractivity contribution in [2.24, 2.45) is 5.92 Å². The fourth-order valence-electron chi connectivity index (χ4n) is 2.80. The first kappa shape index (κ1) is 17.1. The Morgan fingerprint density at radius 3 is 2.75 bits per heavy atom. The van der Waals surface area contributed by atoms with Crippen molar-refractivity contribution in [3.8, 4) is 0 Å². The molecule has 24 heavy (non-hydrogen) atoms. The average molecular weight is 361 g/mol. The third kappa shape index (κ3) is 4.23. The number of allylic oxidation sites excluding steroid dienone is 1. The molecule has 0 bridgehead atoms. The number of hydrogen-bond acceptors (Lipinski definition) is 5. The van der Waals surface area contributed by atoms with Crippen LogP contribution in [0.5, 0.6) is 0 Å². The standard InChI is InChI=1S/C17H19N3O2S2/c1-24(22)13-6-7-15(19-11-13)14(10-12-4-2-3-5-12)16(21)20-17-18-8-9-23-17/h6-12H,2-5H2,1H3,(H,18,20,21). The van der Waals surface area contributed by atoms with E-state index in [2.05, 4.69) is 15.3 Å². The zero-order valence-electron chi connectivity index (χ0n) is 13.4. The minimum Gasteiger partial charge on any atom is -0.612 e. The van der Waals surface area contributed by atoms with Crippen molar-refractivity contribution in [2.45, 2.75) is 30.6 Å². The van der Waals surface area contributed by atoms with Crippen LogP contribution in [0.15, 0.2) is 40.9 Å². The van der Waals surface area contributed by atoms with Crippen LogP contribution in [-0.2, 0) is 16.0 Å². The van der Waals surface area contributed by atoms with Crippen molar-refractivity contribution in [1.29, 1.82) is 0 Å². The molecule has 1 atom stereocenters. The number of rotatable bonds is 5. The fourth-order valence-corrected chi connectivity index (χ4v) is 3.78. The topological polar surface area (TPSA) is 77.9 Å². The highest BCUT2D eigenvalue weighted by Gasteiger charge is 2.20. The summed E-state index contributed by atoms with van der Waals surface area (Å²) in [7, 11) is 0. The number of amides is 1. The number of pyridine rings is 1. The molecule has 5 nitrogen and oxygen atoms in total. The van der Waals surface area contributed by atoms with Gasteiger partial charge in [0.25, 0.3) is 5.91 Å². The number of carbonyl (C=O) groups is 1. The van der Waals surface area contributed by atoms with Crippen LogP contribution >= 0.6 is 11.3 Å². The highest BCUT2D eigenvalue weighted by atomic mass is 32.2. The second-order valence-electron chi connectivity index (χ2n) is 5.75. The van der Waals surface area contributed by atoms with Gasteiger partial charge in [-0.15, -0.1) is 11.3 Å². The molecule has 0 aromatic carbocycles. The molecule has 1 saturated carbocycles. The monoisotopic (exact) mass is 361 g/mol. The van der Waals surface area contributed by atoms with Crippen LogP contribution in [0.2, 0.25) is 0 Å². The lowest BCUT2D eigenvalue weighted by Gasteiger charge is -2.11. The molecule has 1 aliphatic rings. The van der Waals surface area contributed by atoms with Gasteiger partial charge in [-0.25, -0.2) is 4.98 Å². The molecule has 2 aromatic heterocycles. The van der Waals surface area contributed by atoms with Gasteiger partial charge in [0.05, 0.1) is 17.5 Å². The largest absolute Gasteiger partial charge is 0.612 e. The third-order valence-electron chi connectivity index (χ3n) is 4.04. The maximum atomic E-state index is 12.7. The molecule has 1 N–H and O–H groups in total. The van der Waals surface area contributed by atoms with Gasteiger partial charge in [0, 0.05) is 11.6 Å². The van der Waals surface area contributed by atoms with Crippen LogP contribution in [-0.4, -0.2) is 26.7 Å². The van der Waals surface area contributed by atoms with Gasteiger partial charge in [0.15, 0.2) is 10.0 Å². The van der Waals surface area contributed by atoms with E-state index >= 15 is 0 Å². The minimum absolute atomic E-state index is 0.199. The Morgan fingerprint density at radius 2 is 2.17 bits per heavy atom. The van der Waals surface area contributed by atoms with Crippen molar-refractivity contribution in [3.05, 3.63) is 41.7 Å². The van der Waals surface area contributed by atoms with Gasteiger partial charge >= 0.3 is 0 Å². The van der Waals surface area contributed by atoms with E-state index in [4.69, 9.17) is 0 Å². The van der Waals surface area contributed by atoms with Crippen molar-refractivity contribution in [1.82, 2.24) is 9.97 Å². The molecule has 2 heterocycles. The first-order chi connectivity index (χ1) is 11.6. The molecule has 1 fully saturated rings. The molecule has 1 aliphatic carbocycles. The van der Waals surface area contributed by atoms with Gasteiger partial charge in [-0.1, -0.05) is 18.9 Å². The fraction of sp³-hybridized carbons (Fsp3) is 0.353. The SMILES string of the molecule is C[S+]([O-])c1ccc(C(=CC2CCCC2)C(=O)Nc2nccs2)nc1. The normalized spacial score (nSPS) is 17.0. The maximum absolute atomic E-state index is 12.7. The number of nitrogens with zero attached hydrogens (tertiary/aromatic N) is 2. The van der Waals surface area contributed by atoms with E-state index in [1.54, 1.807) is 30.8 Å². The predicted molar refractivity (Wildman–Crippen MR) is 97.2 cm³/mol. The van der Waals surface area contributed by atoms with E-state index in [-0.39, 0.29) is 5.91 Å². The summed E-state index contributed by atoms with van der Waals surface area (Å²) >= 11 is 0.300. The summed E-state index contributed by atoms with van der Waals surface area (Å²) in [6.07, 6.45) is 11.5. The van der Waals surface area contributed by atoms with Gasteiger partial charge < -0.3 is 4.55 Å². The average Bonchev–Trinajstić information content (AvgIpc) is 3.26. The van der Waals surface area contributed by atoms with E-state index < -0.39 is 11.2 Å². The number of anilines is 1. The lowest BCUT2D eigenvalue weighted by molar-refractivity contribution is -0.111. The molecule has 126 valence electrons. The highest BCUT2D eigenvalue weighted by Crippen LogP contribution is 2.29. The molecule has 2 aromatic rings. The second-order valence-corrected chi connectivity index (χ2v) is 8.02. The second kappa shape index (κ2) is 7.92. The summed E-state index contributed by atoms with van der Waals surface area (Å²) in [4.78, 5) is 21.8. The van der Waals surface area contributed by atoms with Crippen molar-refractivity contribution in [2.75, 3.05) is 11.6 Å². The smallest absolute Gasteiger partial charge is 0.259 e. The lowest BCUT2D eigenvalue weighted by Crippen LogP contribution is -2.15. The van der Waals surface area contributed by atoms with Gasteiger partial charge in [-0.2, -0.15) is 0 Å². The first-order valence-electron chi connectivity index (χ1n) is 7.86. The molecule has 1 unspecified atom stereocenters. The summed E-state index contributed by atoms with van der Waals surface area (Å²) < 4.78 is 11.5. The number of aromatic nitrogens is 2. The summed E-state index contributed by atoms with van der Waals surface area (Å²) in [5.41, 5.74) is 1.16. The Labute approximate surface area is 148 Å². The van der Waals surface area contributed by atoms with Gasteiger partial charge in [-0.3, -0.25) is 15.1 Å². The molecular formula is C17H19N3O2S2. The molecule has 0 radical (unpaired) electrons. The van der Waals surface area contributed by atoms with E-state index in [0.717, 1.165) is 12.8 Å². The summed E-state index contributed by atoms with van der Waals surface area (Å²) in [6, 6.07) is 3.52. The Kier molecular flexibility index (Phi) is 5.65. The number of hydrogen-bond donors (Lipinski definition) is 1. The third-order valence-corrected chi connectivity index (χ3v) is 5.64. The zero-order valence-corrected chi connectivity index (χ0v) is 15.0. The summed E-state index contributed by atoms with van der Waals surface area (Å²) in [5, 5.41) is 5.22. The molecular weight excluding hydrogens is 342 g/mol. The highest BCUT2D eigenvalue weighted by molar-refractivity contribution is 7.90. The minimum atomic E-state index is -1.08. The molecule has 0 saturated heterocycles. The molecule has 1 amide bonds. The zero-order chi connectivity index (χ0) is 16.9. The molecule has 0 spiro atoms. The predicted octanol–water partition coefficient (Wildman–Crippen LogP) is 3.49. The molecule has 0 aliphatic heterocycles. The Morgan fingerprint density at radius 1 is 1.38 bits per heavy atom. The van der Waals surface area contributed by atoms with Crippen LogP contribution < -0.4 is 5.32 Å². The van der Waals surface area contributed by atoms with E-state index in [0.29, 0.717) is 27.2 Å². The van der Waals surface area contributed by atoms with Crippen molar-refractivity contribution >= 4 is 39.1 Å². The lowest BCUT2D eigenvalue weighted by atomic mass is 10.0. The summed E-state index contributed by atoms with van der Waals surface area (Å²) in [5.74, 6) is 0.207. The maximum Gasteiger partial charge on any atom is 0.259 e. The van der Waals surface area contributed by atoms with Crippen LogP contribution in [0.4, 0.5) is 5.13 Å². The molecule has 7 heteroatoms. The molecule has 3 rings (SSSR count). The summed E-state index contributed by atoms with van der Waals surface area (Å²) in [6.45, 7) is 0. The number of nitrogens with one attached hydrogen (secondary N) is 1. The van der Waals surface area contributed by atoms with Crippen LogP contribution in [0, 0.1) is 5.92 Å². The van der Waals surface area contributed by atoms with E-state index in [1.165, 1.54) is 24.2 Å². The van der Waals surface area contributed by atoms with E-state index in [9.17, 15) is 9.35 Å². The van der Waals surface area contributed by atoms with Crippen LogP contribution in [0.25, 0.3) is 5.57 Å². The number of carbonyl (C=O) groups excluding carboxylic acids is 1. The van der Waals surface area contributed by atoms with E-state index in [1.807, 2.05) is 11.5 Å². The van der Waals surface area contributed by atoms with Gasteiger partial charge in [0.2, 0.25) is 0 Å². The van der Waals surface area contributed by atoms with Crippen molar-refractivity contribution < 1.29 is 9.35 Å². The van der Waals surface area contributed by atoms with Crippen LogP contribution in [0.1, 0.15) is 31.4 Å². The Hall–Kier alpha value is -1.70. The van der Waals surface area contributed by atoms with Gasteiger partial charge in [-0.05, 0) is 42.1 Å². The number of thiazole rings is 1. The van der Waals surface area contributed by atoms with Crippen molar-refractivity contribution in [3.63, 3.8) is 0 Å². The Balaban J connectivity index is 1.87. The quantitative estimate of drug-likeness (QED) is 0.653. The first-order valence-corrected chi connectivity index (χ1v) is 10.3. The van der Waals surface area contributed by atoms with Crippen LogP contribution in [0.3, 0.4) is 0 Å².